The van der Waals surface area contributed by atoms with E-state index in [2.05, 4.69) is 10.3 Å². The molecule has 1 fully saturated rings. The van der Waals surface area contributed by atoms with Gasteiger partial charge in [-0.1, -0.05) is 12.1 Å². The van der Waals surface area contributed by atoms with E-state index in [1.165, 1.54) is 12.1 Å². The second-order valence-corrected chi connectivity index (χ2v) is 8.59. The van der Waals surface area contributed by atoms with Crippen LogP contribution in [0.2, 0.25) is 0 Å². The molecule has 0 spiro atoms. The predicted molar refractivity (Wildman–Crippen MR) is 127 cm³/mol. The molecule has 0 saturated carbocycles. The minimum atomic E-state index is -0.296. The van der Waals surface area contributed by atoms with E-state index in [0.717, 1.165) is 29.8 Å². The molecule has 1 aliphatic heterocycles. The van der Waals surface area contributed by atoms with Gasteiger partial charge in [-0.3, -0.25) is 9.59 Å². The summed E-state index contributed by atoms with van der Waals surface area (Å²) in [6, 6.07) is 11.5. The van der Waals surface area contributed by atoms with Crippen molar-refractivity contribution in [2.45, 2.75) is 38.6 Å². The number of imidazole rings is 1. The van der Waals surface area contributed by atoms with Gasteiger partial charge in [-0.25, -0.2) is 9.37 Å². The summed E-state index contributed by atoms with van der Waals surface area (Å²) in [4.78, 5) is 31.7. The standard InChI is InChI=1S/C26H29FN4O3/c1-18-15-31(17-28-18)23-10-9-20(14-24(23)34-2)26(33)29-22-7-4-12-30(16-22)25(32)11-8-19-5-3-6-21(27)13-19/h3,5-6,9-10,13-15,17,22H,4,7-8,11-12,16H2,1-2H3,(H,29,33). The Kier molecular flexibility index (Phi) is 7.25. The molecule has 1 atom stereocenters. The fourth-order valence-corrected chi connectivity index (χ4v) is 4.28. The van der Waals surface area contributed by atoms with Crippen LogP contribution in [0.5, 0.6) is 5.75 Å². The van der Waals surface area contributed by atoms with Crippen molar-refractivity contribution in [2.75, 3.05) is 20.2 Å². The normalized spacial score (nSPS) is 15.7. The summed E-state index contributed by atoms with van der Waals surface area (Å²) >= 11 is 0. The summed E-state index contributed by atoms with van der Waals surface area (Å²) in [5.41, 5.74) is 2.98. The van der Waals surface area contributed by atoms with E-state index in [9.17, 15) is 14.0 Å². The molecule has 0 bridgehead atoms. The molecule has 1 unspecified atom stereocenters. The molecular weight excluding hydrogens is 435 g/mol. The number of rotatable bonds is 7. The van der Waals surface area contributed by atoms with Crippen molar-refractivity contribution in [3.8, 4) is 11.4 Å². The predicted octanol–water partition coefficient (Wildman–Crippen LogP) is 3.68. The van der Waals surface area contributed by atoms with Gasteiger partial charge in [0, 0.05) is 37.3 Å². The smallest absolute Gasteiger partial charge is 0.251 e. The van der Waals surface area contributed by atoms with Gasteiger partial charge >= 0.3 is 0 Å². The third kappa shape index (κ3) is 5.62. The number of likely N-dealkylation sites (tertiary alicyclic amines) is 1. The van der Waals surface area contributed by atoms with Gasteiger partial charge in [-0.05, 0) is 62.1 Å². The highest BCUT2D eigenvalue weighted by Gasteiger charge is 2.25. The number of amides is 2. The molecule has 2 amide bonds. The average Bonchev–Trinajstić information content (AvgIpc) is 3.28. The lowest BCUT2D eigenvalue weighted by Crippen LogP contribution is -2.49. The first kappa shape index (κ1) is 23.5. The van der Waals surface area contributed by atoms with Gasteiger partial charge in [0.05, 0.1) is 24.8 Å². The van der Waals surface area contributed by atoms with Crippen LogP contribution in [-0.2, 0) is 11.2 Å². The second kappa shape index (κ2) is 10.5. The lowest BCUT2D eigenvalue weighted by molar-refractivity contribution is -0.132. The van der Waals surface area contributed by atoms with Crippen LogP contribution in [0.3, 0.4) is 0 Å². The summed E-state index contributed by atoms with van der Waals surface area (Å²) in [6.07, 6.45) is 6.03. The van der Waals surface area contributed by atoms with Crippen molar-refractivity contribution in [1.29, 1.82) is 0 Å². The Hall–Kier alpha value is -3.68. The summed E-state index contributed by atoms with van der Waals surface area (Å²) in [5, 5.41) is 3.06. The van der Waals surface area contributed by atoms with Crippen molar-refractivity contribution in [2.24, 2.45) is 0 Å². The molecule has 1 aromatic heterocycles. The summed E-state index contributed by atoms with van der Waals surface area (Å²) in [6.45, 7) is 3.04. The van der Waals surface area contributed by atoms with Crippen LogP contribution < -0.4 is 10.1 Å². The van der Waals surface area contributed by atoms with E-state index in [1.807, 2.05) is 29.8 Å². The topological polar surface area (TPSA) is 76.5 Å². The lowest BCUT2D eigenvalue weighted by Gasteiger charge is -2.33. The Balaban J connectivity index is 1.35. The number of piperidine rings is 1. The van der Waals surface area contributed by atoms with E-state index in [-0.39, 0.29) is 23.7 Å². The van der Waals surface area contributed by atoms with Gasteiger partial charge in [-0.2, -0.15) is 0 Å². The number of hydrogen-bond donors (Lipinski definition) is 1. The highest BCUT2D eigenvalue weighted by Crippen LogP contribution is 2.25. The molecule has 1 saturated heterocycles. The lowest BCUT2D eigenvalue weighted by atomic mass is 10.0. The molecule has 0 radical (unpaired) electrons. The number of carbonyl (C=O) groups is 2. The number of aryl methyl sites for hydroxylation is 2. The summed E-state index contributed by atoms with van der Waals surface area (Å²) in [7, 11) is 1.57. The number of carbonyl (C=O) groups excluding carboxylic acids is 2. The van der Waals surface area contributed by atoms with Crippen LogP contribution in [0.15, 0.2) is 55.0 Å². The molecule has 1 N–H and O–H groups in total. The van der Waals surface area contributed by atoms with Gasteiger partial charge in [0.1, 0.15) is 11.6 Å². The van der Waals surface area contributed by atoms with Crippen LogP contribution in [0.1, 0.15) is 40.9 Å². The first-order valence-corrected chi connectivity index (χ1v) is 11.4. The number of nitrogens with zero attached hydrogens (tertiary/aromatic N) is 3. The maximum absolute atomic E-state index is 13.4. The molecule has 8 heteroatoms. The van der Waals surface area contributed by atoms with Crippen LogP contribution in [0.4, 0.5) is 4.39 Å². The molecular formula is C26H29FN4O3. The molecule has 3 aromatic rings. The zero-order valence-corrected chi connectivity index (χ0v) is 19.5. The zero-order valence-electron chi connectivity index (χ0n) is 19.5. The van der Waals surface area contributed by atoms with E-state index in [1.54, 1.807) is 36.5 Å². The van der Waals surface area contributed by atoms with E-state index in [0.29, 0.717) is 37.2 Å². The highest BCUT2D eigenvalue weighted by atomic mass is 19.1. The van der Waals surface area contributed by atoms with Crippen LogP contribution >= 0.6 is 0 Å². The Morgan fingerprint density at radius 1 is 1.24 bits per heavy atom. The number of halogens is 1. The third-order valence-corrected chi connectivity index (χ3v) is 6.06. The maximum atomic E-state index is 13.4. The van der Waals surface area contributed by atoms with Crippen molar-refractivity contribution < 1.29 is 18.7 Å². The van der Waals surface area contributed by atoms with Crippen LogP contribution in [-0.4, -0.2) is 52.5 Å². The van der Waals surface area contributed by atoms with Gasteiger partial charge in [0.15, 0.2) is 0 Å². The van der Waals surface area contributed by atoms with Crippen molar-refractivity contribution >= 4 is 11.8 Å². The van der Waals surface area contributed by atoms with E-state index in [4.69, 9.17) is 4.74 Å². The minimum absolute atomic E-state index is 0.0184. The number of nitrogens with one attached hydrogen (secondary N) is 1. The Morgan fingerprint density at radius 3 is 2.82 bits per heavy atom. The summed E-state index contributed by atoms with van der Waals surface area (Å²) < 4.78 is 20.7. The number of hydrogen-bond acceptors (Lipinski definition) is 4. The van der Waals surface area contributed by atoms with Crippen molar-refractivity contribution in [3.63, 3.8) is 0 Å². The van der Waals surface area contributed by atoms with Crippen molar-refractivity contribution in [3.05, 3.63) is 77.6 Å². The number of aromatic nitrogens is 2. The highest BCUT2D eigenvalue weighted by molar-refractivity contribution is 5.95. The van der Waals surface area contributed by atoms with E-state index < -0.39 is 0 Å². The molecule has 2 heterocycles. The minimum Gasteiger partial charge on any atom is -0.495 e. The first-order chi connectivity index (χ1) is 16.4. The quantitative estimate of drug-likeness (QED) is 0.579. The average molecular weight is 465 g/mol. The fourth-order valence-electron chi connectivity index (χ4n) is 4.28. The number of benzene rings is 2. The van der Waals surface area contributed by atoms with E-state index >= 15 is 0 Å². The van der Waals surface area contributed by atoms with Crippen molar-refractivity contribution in [1.82, 2.24) is 19.8 Å². The fraction of sp³-hybridized carbons (Fsp3) is 0.346. The Bertz CT molecular complexity index is 1180. The van der Waals surface area contributed by atoms with Gasteiger partial charge in [0.25, 0.3) is 5.91 Å². The van der Waals surface area contributed by atoms with Crippen LogP contribution in [0.25, 0.3) is 5.69 Å². The molecule has 7 nitrogen and oxygen atoms in total. The Labute approximate surface area is 198 Å². The van der Waals surface area contributed by atoms with Crippen LogP contribution in [0, 0.1) is 12.7 Å². The molecule has 4 rings (SSSR count). The Morgan fingerprint density at radius 2 is 2.09 bits per heavy atom. The van der Waals surface area contributed by atoms with Gasteiger partial charge in [-0.15, -0.1) is 0 Å². The third-order valence-electron chi connectivity index (χ3n) is 6.06. The second-order valence-electron chi connectivity index (χ2n) is 8.59. The van der Waals surface area contributed by atoms with Gasteiger partial charge in [0.2, 0.25) is 5.91 Å². The number of ether oxygens (including phenoxy) is 1. The summed E-state index contributed by atoms with van der Waals surface area (Å²) in [5.74, 6) is 0.0916. The maximum Gasteiger partial charge on any atom is 0.251 e. The molecule has 178 valence electrons. The molecule has 2 aromatic carbocycles. The zero-order chi connectivity index (χ0) is 24.1. The largest absolute Gasteiger partial charge is 0.495 e. The van der Waals surface area contributed by atoms with Gasteiger partial charge < -0.3 is 19.5 Å². The monoisotopic (exact) mass is 464 g/mol. The molecule has 34 heavy (non-hydrogen) atoms. The SMILES string of the molecule is COc1cc(C(=O)NC2CCCN(C(=O)CCc3cccc(F)c3)C2)ccc1-n1cnc(C)c1. The first-order valence-electron chi connectivity index (χ1n) is 11.4. The number of methoxy groups -OCH3 is 1. The molecule has 0 aliphatic carbocycles. The molecule has 1 aliphatic rings.